The van der Waals surface area contributed by atoms with Crippen LogP contribution in [0, 0.1) is 12.8 Å². The third-order valence-electron chi connectivity index (χ3n) is 2.97. The number of hydrogen-bond donors (Lipinski definition) is 1. The molecule has 76 valence electrons. The molecule has 2 heteroatoms. The Hall–Kier alpha value is -0.530. The molecule has 0 heterocycles. The van der Waals surface area contributed by atoms with Crippen LogP contribution < -0.4 is 5.32 Å². The van der Waals surface area contributed by atoms with Crippen LogP contribution in [0.25, 0.3) is 0 Å². The Morgan fingerprint density at radius 1 is 1.43 bits per heavy atom. The molecule has 0 saturated heterocycles. The summed E-state index contributed by atoms with van der Waals surface area (Å²) in [6.07, 6.45) is 2.71. The fourth-order valence-electron chi connectivity index (χ4n) is 2.06. The van der Waals surface area contributed by atoms with Crippen LogP contribution >= 0.6 is 11.6 Å². The fourth-order valence-corrected chi connectivity index (χ4v) is 2.29. The van der Waals surface area contributed by atoms with Gasteiger partial charge in [-0.1, -0.05) is 17.7 Å². The van der Waals surface area contributed by atoms with Crippen LogP contribution in [-0.2, 0) is 0 Å². The van der Waals surface area contributed by atoms with Gasteiger partial charge in [-0.3, -0.25) is 0 Å². The van der Waals surface area contributed by atoms with Gasteiger partial charge in [-0.25, -0.2) is 0 Å². The zero-order chi connectivity index (χ0) is 10.1. The third kappa shape index (κ3) is 1.94. The second kappa shape index (κ2) is 3.92. The summed E-state index contributed by atoms with van der Waals surface area (Å²) >= 11 is 5.94. The van der Waals surface area contributed by atoms with Crippen molar-refractivity contribution in [3.63, 3.8) is 0 Å². The molecule has 1 saturated carbocycles. The van der Waals surface area contributed by atoms with E-state index in [-0.39, 0.29) is 0 Å². The van der Waals surface area contributed by atoms with Gasteiger partial charge in [0.15, 0.2) is 0 Å². The van der Waals surface area contributed by atoms with Crippen molar-refractivity contribution in [1.82, 2.24) is 5.32 Å². The molecule has 1 N–H and O–H groups in total. The standard InChI is InChI=1S/C12H16ClN/c1-8-7-10(13)5-6-11(8)12(14-2)9-3-4-9/h5-7,9,12,14H,3-4H2,1-2H3. The number of rotatable bonds is 3. The summed E-state index contributed by atoms with van der Waals surface area (Å²) in [7, 11) is 2.04. The SMILES string of the molecule is CNC(c1ccc(Cl)cc1C)C1CC1. The normalized spacial score (nSPS) is 18.2. The minimum Gasteiger partial charge on any atom is -0.313 e. The zero-order valence-corrected chi connectivity index (χ0v) is 9.43. The fraction of sp³-hybridized carbons (Fsp3) is 0.500. The minimum atomic E-state index is 0.521. The maximum atomic E-state index is 5.94. The van der Waals surface area contributed by atoms with Crippen LogP contribution in [0.1, 0.15) is 30.0 Å². The molecule has 1 aromatic rings. The zero-order valence-electron chi connectivity index (χ0n) is 8.68. The predicted octanol–water partition coefficient (Wildman–Crippen LogP) is 3.32. The van der Waals surface area contributed by atoms with Gasteiger partial charge in [0, 0.05) is 11.1 Å². The van der Waals surface area contributed by atoms with Gasteiger partial charge < -0.3 is 5.32 Å². The van der Waals surface area contributed by atoms with Crippen LogP contribution in [-0.4, -0.2) is 7.05 Å². The number of benzene rings is 1. The van der Waals surface area contributed by atoms with Crippen LogP contribution in [0.3, 0.4) is 0 Å². The molecule has 1 aliphatic rings. The van der Waals surface area contributed by atoms with E-state index in [2.05, 4.69) is 18.3 Å². The molecule has 0 bridgehead atoms. The van der Waals surface area contributed by atoms with Crippen LogP contribution in [0.15, 0.2) is 18.2 Å². The van der Waals surface area contributed by atoms with E-state index < -0.39 is 0 Å². The lowest BCUT2D eigenvalue weighted by molar-refractivity contribution is 0.526. The predicted molar refractivity (Wildman–Crippen MR) is 60.7 cm³/mol. The summed E-state index contributed by atoms with van der Waals surface area (Å²) in [4.78, 5) is 0. The molecule has 0 radical (unpaired) electrons. The average molecular weight is 210 g/mol. The topological polar surface area (TPSA) is 12.0 Å². The summed E-state index contributed by atoms with van der Waals surface area (Å²) in [5.74, 6) is 0.833. The third-order valence-corrected chi connectivity index (χ3v) is 3.21. The molecule has 1 atom stereocenters. The number of halogens is 1. The van der Waals surface area contributed by atoms with E-state index in [0.29, 0.717) is 6.04 Å². The van der Waals surface area contributed by atoms with E-state index in [1.165, 1.54) is 24.0 Å². The highest BCUT2D eigenvalue weighted by molar-refractivity contribution is 6.30. The van der Waals surface area contributed by atoms with Gasteiger partial charge in [0.2, 0.25) is 0 Å². The van der Waals surface area contributed by atoms with Crippen molar-refractivity contribution >= 4 is 11.6 Å². The molecular weight excluding hydrogens is 194 g/mol. The monoisotopic (exact) mass is 209 g/mol. The smallest absolute Gasteiger partial charge is 0.0408 e. The molecular formula is C12H16ClN. The van der Waals surface area contributed by atoms with E-state index in [9.17, 15) is 0 Å². The van der Waals surface area contributed by atoms with E-state index in [0.717, 1.165) is 10.9 Å². The summed E-state index contributed by atoms with van der Waals surface area (Å²) in [5.41, 5.74) is 2.70. The van der Waals surface area contributed by atoms with E-state index in [1.807, 2.05) is 19.2 Å². The lowest BCUT2D eigenvalue weighted by Gasteiger charge is -2.18. The van der Waals surface area contributed by atoms with Crippen LogP contribution in [0.2, 0.25) is 5.02 Å². The van der Waals surface area contributed by atoms with Crippen molar-refractivity contribution in [1.29, 1.82) is 0 Å². The highest BCUT2D eigenvalue weighted by atomic mass is 35.5. The van der Waals surface area contributed by atoms with Crippen LogP contribution in [0.4, 0.5) is 0 Å². The van der Waals surface area contributed by atoms with Gasteiger partial charge >= 0.3 is 0 Å². The van der Waals surface area contributed by atoms with Crippen molar-refractivity contribution in [3.05, 3.63) is 34.3 Å². The van der Waals surface area contributed by atoms with Crippen LogP contribution in [0.5, 0.6) is 0 Å². The van der Waals surface area contributed by atoms with Gasteiger partial charge in [-0.2, -0.15) is 0 Å². The summed E-state index contributed by atoms with van der Waals surface area (Å²) < 4.78 is 0. The highest BCUT2D eigenvalue weighted by Gasteiger charge is 2.31. The molecule has 0 amide bonds. The minimum absolute atomic E-state index is 0.521. The Kier molecular flexibility index (Phi) is 2.80. The number of aryl methyl sites for hydroxylation is 1. The first-order chi connectivity index (χ1) is 6.72. The largest absolute Gasteiger partial charge is 0.313 e. The van der Waals surface area contributed by atoms with Gasteiger partial charge in [-0.05, 0) is 56.0 Å². The van der Waals surface area contributed by atoms with Crippen molar-refractivity contribution in [2.75, 3.05) is 7.05 Å². The van der Waals surface area contributed by atoms with Crippen molar-refractivity contribution in [3.8, 4) is 0 Å². The summed E-state index contributed by atoms with van der Waals surface area (Å²) in [5, 5.41) is 4.23. The Morgan fingerprint density at radius 3 is 2.64 bits per heavy atom. The molecule has 14 heavy (non-hydrogen) atoms. The second-order valence-electron chi connectivity index (χ2n) is 4.10. The Bertz CT molecular complexity index is 331. The molecule has 1 aliphatic carbocycles. The molecule has 1 nitrogen and oxygen atoms in total. The molecule has 1 aromatic carbocycles. The van der Waals surface area contributed by atoms with Gasteiger partial charge in [0.1, 0.15) is 0 Å². The number of nitrogens with one attached hydrogen (secondary N) is 1. The molecule has 0 aliphatic heterocycles. The van der Waals surface area contributed by atoms with E-state index in [4.69, 9.17) is 11.6 Å². The summed E-state index contributed by atoms with van der Waals surface area (Å²) in [6, 6.07) is 6.70. The van der Waals surface area contributed by atoms with E-state index >= 15 is 0 Å². The average Bonchev–Trinajstić information content (AvgIpc) is 2.93. The van der Waals surface area contributed by atoms with E-state index in [1.54, 1.807) is 0 Å². The maximum Gasteiger partial charge on any atom is 0.0408 e. The first kappa shape index (κ1) is 10.0. The quantitative estimate of drug-likeness (QED) is 0.806. The number of hydrogen-bond acceptors (Lipinski definition) is 1. The first-order valence-corrected chi connectivity index (χ1v) is 5.53. The molecule has 0 spiro atoms. The maximum absolute atomic E-state index is 5.94. The first-order valence-electron chi connectivity index (χ1n) is 5.15. The van der Waals surface area contributed by atoms with Crippen molar-refractivity contribution in [2.24, 2.45) is 5.92 Å². The Balaban J connectivity index is 2.29. The Labute approximate surface area is 90.5 Å². The molecule has 1 fully saturated rings. The second-order valence-corrected chi connectivity index (χ2v) is 4.54. The van der Waals surface area contributed by atoms with Crippen molar-refractivity contribution < 1.29 is 0 Å². The molecule has 0 aromatic heterocycles. The van der Waals surface area contributed by atoms with Gasteiger partial charge in [0.25, 0.3) is 0 Å². The molecule has 2 rings (SSSR count). The Morgan fingerprint density at radius 2 is 2.14 bits per heavy atom. The summed E-state index contributed by atoms with van der Waals surface area (Å²) in [6.45, 7) is 2.13. The highest BCUT2D eigenvalue weighted by Crippen LogP contribution is 2.41. The van der Waals surface area contributed by atoms with Gasteiger partial charge in [0.05, 0.1) is 0 Å². The lowest BCUT2D eigenvalue weighted by Crippen LogP contribution is -2.19. The lowest BCUT2D eigenvalue weighted by atomic mass is 9.98. The van der Waals surface area contributed by atoms with Gasteiger partial charge in [-0.15, -0.1) is 0 Å². The van der Waals surface area contributed by atoms with Crippen molar-refractivity contribution in [2.45, 2.75) is 25.8 Å². The molecule has 1 unspecified atom stereocenters.